The Kier molecular flexibility index (Phi) is 6.88. The normalized spacial score (nSPS) is 14.5. The van der Waals surface area contributed by atoms with E-state index in [0.717, 1.165) is 55.7 Å². The van der Waals surface area contributed by atoms with Crippen LogP contribution in [0.25, 0.3) is 71.4 Å². The third-order valence-electron chi connectivity index (χ3n) is 10.1. The molecule has 0 fully saturated rings. The first-order valence-corrected chi connectivity index (χ1v) is 17.4. The summed E-state index contributed by atoms with van der Waals surface area (Å²) in [4.78, 5) is 5.32. The summed E-state index contributed by atoms with van der Waals surface area (Å²) in [7, 11) is 0. The van der Waals surface area contributed by atoms with Crippen molar-refractivity contribution in [1.29, 1.82) is 0 Å². The molecule has 1 aliphatic heterocycles. The molecule has 3 nitrogen and oxygen atoms in total. The fourth-order valence-corrected chi connectivity index (χ4v) is 7.68. The number of nitrogens with zero attached hydrogens (tertiary/aromatic N) is 1. The van der Waals surface area contributed by atoms with Gasteiger partial charge in [0, 0.05) is 21.9 Å². The van der Waals surface area contributed by atoms with Crippen LogP contribution in [0.15, 0.2) is 191 Å². The third-order valence-corrected chi connectivity index (χ3v) is 10.1. The topological polar surface area (TPSA) is 37.5 Å². The van der Waals surface area contributed by atoms with E-state index in [4.69, 9.17) is 9.41 Å². The molecule has 0 radical (unpaired) electrons. The second-order valence-electron chi connectivity index (χ2n) is 13.1. The number of amidine groups is 1. The number of nitrogens with one attached hydrogen (secondary N) is 1. The molecule has 1 N–H and O–H groups in total. The smallest absolute Gasteiger partial charge is 0.143 e. The molecule has 10 rings (SSSR count). The minimum atomic E-state index is -0.0547. The highest BCUT2D eigenvalue weighted by molar-refractivity contribution is 6.23. The summed E-state index contributed by atoms with van der Waals surface area (Å²) in [6.07, 6.45) is 2.23. The van der Waals surface area contributed by atoms with E-state index in [-0.39, 0.29) is 6.04 Å². The van der Waals surface area contributed by atoms with E-state index in [1.54, 1.807) is 0 Å². The predicted octanol–water partition coefficient (Wildman–Crippen LogP) is 12.4. The molecule has 0 spiro atoms. The standard InChI is InChI=1S/C48H32N2O/c1-4-14-31(15-5-1)36-25-26-40(39-23-13-12-22-38(36)39)41-28-35(29-42-46-37-21-11-10-16-32(37)24-27-45(46)51-47(41)42)48-49-43(33-17-6-2-7-18-33)30-44(50-48)34-19-8-3-9-20-34/h1-30,43H,(H,49,50). The lowest BCUT2D eigenvalue weighted by molar-refractivity contribution is 0.670. The molecule has 240 valence electrons. The van der Waals surface area contributed by atoms with Gasteiger partial charge in [0.1, 0.15) is 17.0 Å². The molecule has 0 saturated heterocycles. The highest BCUT2D eigenvalue weighted by atomic mass is 16.3. The van der Waals surface area contributed by atoms with Gasteiger partial charge >= 0.3 is 0 Å². The Morgan fingerprint density at radius 1 is 0.471 bits per heavy atom. The maximum atomic E-state index is 6.86. The Labute approximate surface area is 295 Å². The van der Waals surface area contributed by atoms with Crippen molar-refractivity contribution in [1.82, 2.24) is 5.32 Å². The van der Waals surface area contributed by atoms with Gasteiger partial charge in [0.25, 0.3) is 0 Å². The van der Waals surface area contributed by atoms with Gasteiger partial charge in [0.05, 0.1) is 11.7 Å². The van der Waals surface area contributed by atoms with Gasteiger partial charge in [0.15, 0.2) is 0 Å². The van der Waals surface area contributed by atoms with Crippen molar-refractivity contribution in [2.75, 3.05) is 0 Å². The predicted molar refractivity (Wildman–Crippen MR) is 213 cm³/mol. The zero-order valence-corrected chi connectivity index (χ0v) is 27.8. The van der Waals surface area contributed by atoms with Crippen LogP contribution in [0.4, 0.5) is 0 Å². The van der Waals surface area contributed by atoms with Crippen molar-refractivity contribution in [3.8, 4) is 22.3 Å². The van der Waals surface area contributed by atoms with Gasteiger partial charge in [-0.25, -0.2) is 4.99 Å². The van der Waals surface area contributed by atoms with Gasteiger partial charge in [-0.3, -0.25) is 0 Å². The minimum Gasteiger partial charge on any atom is -0.455 e. The summed E-state index contributed by atoms with van der Waals surface area (Å²) in [5.41, 5.74) is 10.5. The number of aliphatic imine (C=N–C) groups is 1. The molecule has 3 heteroatoms. The summed E-state index contributed by atoms with van der Waals surface area (Å²) in [5, 5.41) is 10.7. The highest BCUT2D eigenvalue weighted by Gasteiger charge is 2.24. The molecular weight excluding hydrogens is 621 g/mol. The molecule has 8 aromatic carbocycles. The van der Waals surface area contributed by atoms with E-state index in [2.05, 4.69) is 181 Å². The second kappa shape index (κ2) is 12.0. The van der Waals surface area contributed by atoms with Gasteiger partial charge in [-0.05, 0) is 73.6 Å². The van der Waals surface area contributed by atoms with Crippen LogP contribution in [-0.2, 0) is 0 Å². The number of benzene rings is 8. The Bertz CT molecular complexity index is 2810. The Hall–Kier alpha value is -6.71. The largest absolute Gasteiger partial charge is 0.455 e. The van der Waals surface area contributed by atoms with Gasteiger partial charge < -0.3 is 9.73 Å². The summed E-state index contributed by atoms with van der Waals surface area (Å²) in [6, 6.07) is 62.2. The number of hydrogen-bond donors (Lipinski definition) is 1. The molecule has 2 heterocycles. The Morgan fingerprint density at radius 3 is 1.86 bits per heavy atom. The number of fused-ring (bicyclic) bond motifs is 6. The first kappa shape index (κ1) is 29.2. The highest BCUT2D eigenvalue weighted by Crippen LogP contribution is 2.44. The fourth-order valence-electron chi connectivity index (χ4n) is 7.68. The number of hydrogen-bond acceptors (Lipinski definition) is 3. The van der Waals surface area contributed by atoms with Crippen molar-refractivity contribution in [3.63, 3.8) is 0 Å². The zero-order valence-electron chi connectivity index (χ0n) is 27.8. The summed E-state index contributed by atoms with van der Waals surface area (Å²) >= 11 is 0. The van der Waals surface area contributed by atoms with Crippen molar-refractivity contribution >= 4 is 55.0 Å². The SMILES string of the molecule is C1=C(c2ccccc2)N=C(c2cc(-c3ccc(-c4ccccc4)c4ccccc34)c3oc4ccc5ccccc5c4c3c2)NC1c1ccccc1. The fraction of sp³-hybridized carbons (Fsp3) is 0.0208. The van der Waals surface area contributed by atoms with Gasteiger partial charge in [-0.2, -0.15) is 0 Å². The lowest BCUT2D eigenvalue weighted by Crippen LogP contribution is -2.31. The van der Waals surface area contributed by atoms with E-state index >= 15 is 0 Å². The second-order valence-corrected chi connectivity index (χ2v) is 13.1. The van der Waals surface area contributed by atoms with Crippen molar-refractivity contribution in [3.05, 3.63) is 199 Å². The molecule has 1 unspecified atom stereocenters. The van der Waals surface area contributed by atoms with Gasteiger partial charge in [0.2, 0.25) is 0 Å². The third kappa shape index (κ3) is 5.02. The van der Waals surface area contributed by atoms with Crippen molar-refractivity contribution in [2.24, 2.45) is 4.99 Å². The molecule has 1 aliphatic rings. The monoisotopic (exact) mass is 652 g/mol. The molecule has 51 heavy (non-hydrogen) atoms. The molecular formula is C48H32N2O. The molecule has 0 saturated carbocycles. The zero-order chi connectivity index (χ0) is 33.7. The number of rotatable bonds is 5. The Balaban J connectivity index is 1.26. The molecule has 0 bridgehead atoms. The van der Waals surface area contributed by atoms with Crippen molar-refractivity contribution in [2.45, 2.75) is 6.04 Å². The van der Waals surface area contributed by atoms with E-state index in [1.165, 1.54) is 38.2 Å². The molecule has 1 atom stereocenters. The van der Waals surface area contributed by atoms with E-state index in [0.29, 0.717) is 0 Å². The first-order chi connectivity index (χ1) is 25.3. The van der Waals surface area contributed by atoms with E-state index < -0.39 is 0 Å². The quantitative estimate of drug-likeness (QED) is 0.201. The maximum absolute atomic E-state index is 6.86. The average molecular weight is 653 g/mol. The number of furan rings is 1. The molecule has 0 aliphatic carbocycles. The minimum absolute atomic E-state index is 0.0547. The first-order valence-electron chi connectivity index (χ1n) is 17.4. The van der Waals surface area contributed by atoms with Gasteiger partial charge in [-0.15, -0.1) is 0 Å². The van der Waals surface area contributed by atoms with Crippen LogP contribution in [0.3, 0.4) is 0 Å². The van der Waals surface area contributed by atoms with Crippen LogP contribution in [0.2, 0.25) is 0 Å². The Morgan fingerprint density at radius 2 is 1.10 bits per heavy atom. The lowest BCUT2D eigenvalue weighted by atomic mass is 9.90. The summed E-state index contributed by atoms with van der Waals surface area (Å²) in [6.45, 7) is 0. The average Bonchev–Trinajstić information content (AvgIpc) is 3.60. The van der Waals surface area contributed by atoms with Crippen LogP contribution < -0.4 is 5.32 Å². The van der Waals surface area contributed by atoms with Crippen LogP contribution in [-0.4, -0.2) is 5.84 Å². The van der Waals surface area contributed by atoms with Crippen LogP contribution in [0.5, 0.6) is 0 Å². The summed E-state index contributed by atoms with van der Waals surface area (Å²) < 4.78 is 6.86. The molecule has 0 amide bonds. The maximum Gasteiger partial charge on any atom is 0.143 e. The van der Waals surface area contributed by atoms with Crippen LogP contribution in [0.1, 0.15) is 22.7 Å². The van der Waals surface area contributed by atoms with Crippen molar-refractivity contribution < 1.29 is 4.42 Å². The van der Waals surface area contributed by atoms with E-state index in [9.17, 15) is 0 Å². The van der Waals surface area contributed by atoms with Gasteiger partial charge in [-0.1, -0.05) is 158 Å². The van der Waals surface area contributed by atoms with E-state index in [1.807, 2.05) is 6.07 Å². The molecule has 9 aromatic rings. The van der Waals surface area contributed by atoms with Crippen LogP contribution >= 0.6 is 0 Å². The molecule has 1 aromatic heterocycles. The lowest BCUT2D eigenvalue weighted by Gasteiger charge is -2.25. The van der Waals surface area contributed by atoms with Crippen LogP contribution in [0, 0.1) is 0 Å². The summed E-state index contributed by atoms with van der Waals surface area (Å²) in [5.74, 6) is 0.827.